The lowest BCUT2D eigenvalue weighted by Gasteiger charge is -2.12. The summed E-state index contributed by atoms with van der Waals surface area (Å²) in [6.07, 6.45) is 1.73. The number of amides is 1. The molecule has 3 rings (SSSR count). The fraction of sp³-hybridized carbons (Fsp3) is 0.0588. The largest absolute Gasteiger partial charge is 0.320 e. The Kier molecular flexibility index (Phi) is 3.71. The number of rotatable bonds is 2. The molecule has 0 unspecified atom stereocenters. The number of pyridine rings is 1. The Labute approximate surface area is 131 Å². The van der Waals surface area contributed by atoms with Gasteiger partial charge in [-0.2, -0.15) is 0 Å². The second-order valence-corrected chi connectivity index (χ2v) is 5.62. The zero-order valence-corrected chi connectivity index (χ0v) is 13.0. The molecule has 0 aliphatic carbocycles. The third kappa shape index (κ3) is 2.67. The first-order valence-corrected chi connectivity index (χ1v) is 7.36. The molecule has 0 aliphatic heterocycles. The Morgan fingerprint density at radius 1 is 1.14 bits per heavy atom. The number of carbonyl (C=O) groups is 1. The summed E-state index contributed by atoms with van der Waals surface area (Å²) in [6.45, 7) is 1.96. The van der Waals surface area contributed by atoms with Gasteiger partial charge < -0.3 is 5.32 Å². The molecule has 0 atom stereocenters. The molecule has 0 saturated heterocycles. The fourth-order valence-electron chi connectivity index (χ4n) is 2.26. The van der Waals surface area contributed by atoms with Gasteiger partial charge in [0.05, 0.1) is 11.2 Å². The van der Waals surface area contributed by atoms with Crippen LogP contribution in [-0.2, 0) is 0 Å². The number of halogens is 1. The standard InChI is InChI=1S/C17H13BrN2O/c1-11-10-14(18)13-8-5-9-19-16(13)15(11)20-17(21)12-6-3-2-4-7-12/h2-10H,1H3,(H,20,21). The number of aryl methyl sites for hydroxylation is 1. The highest BCUT2D eigenvalue weighted by Gasteiger charge is 2.13. The Balaban J connectivity index is 2.07. The van der Waals surface area contributed by atoms with E-state index in [1.165, 1.54) is 0 Å². The van der Waals surface area contributed by atoms with Crippen LogP contribution in [0.15, 0.2) is 59.2 Å². The van der Waals surface area contributed by atoms with Crippen molar-refractivity contribution in [2.24, 2.45) is 0 Å². The average Bonchev–Trinajstić information content (AvgIpc) is 2.52. The molecular weight excluding hydrogens is 328 g/mol. The molecule has 2 aromatic carbocycles. The van der Waals surface area contributed by atoms with Crippen LogP contribution in [0, 0.1) is 6.92 Å². The molecule has 1 N–H and O–H groups in total. The van der Waals surface area contributed by atoms with Gasteiger partial charge in [-0.15, -0.1) is 0 Å². The van der Waals surface area contributed by atoms with Crippen LogP contribution in [0.4, 0.5) is 5.69 Å². The van der Waals surface area contributed by atoms with Crippen LogP contribution < -0.4 is 5.32 Å². The second-order valence-electron chi connectivity index (χ2n) is 4.77. The summed E-state index contributed by atoms with van der Waals surface area (Å²) in [4.78, 5) is 16.7. The summed E-state index contributed by atoms with van der Waals surface area (Å²) in [5, 5.41) is 3.95. The van der Waals surface area contributed by atoms with Gasteiger partial charge in [-0.3, -0.25) is 9.78 Å². The van der Waals surface area contributed by atoms with Crippen molar-refractivity contribution in [1.82, 2.24) is 4.98 Å². The smallest absolute Gasteiger partial charge is 0.255 e. The van der Waals surface area contributed by atoms with Gasteiger partial charge in [-0.05, 0) is 36.8 Å². The van der Waals surface area contributed by atoms with Crippen molar-refractivity contribution in [3.05, 3.63) is 70.3 Å². The van der Waals surface area contributed by atoms with Crippen molar-refractivity contribution < 1.29 is 4.79 Å². The van der Waals surface area contributed by atoms with Crippen molar-refractivity contribution >= 4 is 38.4 Å². The molecule has 0 fully saturated rings. The molecule has 3 nitrogen and oxygen atoms in total. The molecule has 0 bridgehead atoms. The van der Waals surface area contributed by atoms with Crippen LogP contribution in [0.3, 0.4) is 0 Å². The first-order valence-electron chi connectivity index (χ1n) is 6.57. The number of fused-ring (bicyclic) bond motifs is 1. The van der Waals surface area contributed by atoms with E-state index in [9.17, 15) is 4.79 Å². The highest BCUT2D eigenvalue weighted by Crippen LogP contribution is 2.32. The minimum atomic E-state index is -0.132. The van der Waals surface area contributed by atoms with Gasteiger partial charge in [0.25, 0.3) is 5.91 Å². The summed E-state index contributed by atoms with van der Waals surface area (Å²) in [6, 6.07) is 15.0. The van der Waals surface area contributed by atoms with Gasteiger partial charge in [0.15, 0.2) is 0 Å². The number of anilines is 1. The number of nitrogens with zero attached hydrogens (tertiary/aromatic N) is 1. The monoisotopic (exact) mass is 340 g/mol. The maximum atomic E-state index is 12.3. The summed E-state index contributed by atoms with van der Waals surface area (Å²) >= 11 is 3.54. The number of aromatic nitrogens is 1. The predicted molar refractivity (Wildman–Crippen MR) is 88.6 cm³/mol. The normalized spacial score (nSPS) is 10.6. The molecule has 0 radical (unpaired) electrons. The van der Waals surface area contributed by atoms with Crippen LogP contribution in [0.25, 0.3) is 10.9 Å². The molecule has 104 valence electrons. The fourth-order valence-corrected chi connectivity index (χ4v) is 2.92. The van der Waals surface area contributed by atoms with Crippen molar-refractivity contribution in [2.75, 3.05) is 5.32 Å². The first kappa shape index (κ1) is 13.8. The molecule has 0 saturated carbocycles. The van der Waals surface area contributed by atoms with E-state index in [1.54, 1.807) is 18.3 Å². The topological polar surface area (TPSA) is 42.0 Å². The molecule has 1 amide bonds. The number of hydrogen-bond acceptors (Lipinski definition) is 2. The van der Waals surface area contributed by atoms with Crippen molar-refractivity contribution in [3.63, 3.8) is 0 Å². The Hall–Kier alpha value is -2.20. The quantitative estimate of drug-likeness (QED) is 0.743. The van der Waals surface area contributed by atoms with E-state index in [0.717, 1.165) is 26.6 Å². The van der Waals surface area contributed by atoms with Crippen LogP contribution >= 0.6 is 15.9 Å². The number of benzene rings is 2. The third-order valence-corrected chi connectivity index (χ3v) is 3.97. The maximum absolute atomic E-state index is 12.3. The molecule has 0 aliphatic rings. The van der Waals surface area contributed by atoms with E-state index >= 15 is 0 Å². The number of nitrogens with one attached hydrogen (secondary N) is 1. The number of carbonyl (C=O) groups excluding carboxylic acids is 1. The SMILES string of the molecule is Cc1cc(Br)c2cccnc2c1NC(=O)c1ccccc1. The van der Waals surface area contributed by atoms with Crippen LogP contribution in [0.2, 0.25) is 0 Å². The Morgan fingerprint density at radius 2 is 1.90 bits per heavy atom. The lowest BCUT2D eigenvalue weighted by Crippen LogP contribution is -2.13. The molecule has 0 spiro atoms. The minimum absolute atomic E-state index is 0.132. The lowest BCUT2D eigenvalue weighted by molar-refractivity contribution is 0.102. The predicted octanol–water partition coefficient (Wildman–Crippen LogP) is 4.56. The van der Waals surface area contributed by atoms with E-state index in [1.807, 2.05) is 43.3 Å². The summed E-state index contributed by atoms with van der Waals surface area (Å²) < 4.78 is 0.973. The summed E-state index contributed by atoms with van der Waals surface area (Å²) in [7, 11) is 0. The average molecular weight is 341 g/mol. The zero-order chi connectivity index (χ0) is 14.8. The maximum Gasteiger partial charge on any atom is 0.255 e. The molecule has 4 heteroatoms. The highest BCUT2D eigenvalue weighted by molar-refractivity contribution is 9.10. The number of hydrogen-bond donors (Lipinski definition) is 1. The Bertz CT molecular complexity index is 816. The van der Waals surface area contributed by atoms with Gasteiger partial charge >= 0.3 is 0 Å². The Morgan fingerprint density at radius 3 is 2.67 bits per heavy atom. The minimum Gasteiger partial charge on any atom is -0.320 e. The molecule has 21 heavy (non-hydrogen) atoms. The van der Waals surface area contributed by atoms with Gasteiger partial charge in [-0.25, -0.2) is 0 Å². The zero-order valence-electron chi connectivity index (χ0n) is 11.4. The third-order valence-electron chi connectivity index (χ3n) is 3.31. The summed E-state index contributed by atoms with van der Waals surface area (Å²) in [5.74, 6) is -0.132. The second kappa shape index (κ2) is 5.66. The van der Waals surface area contributed by atoms with E-state index < -0.39 is 0 Å². The van der Waals surface area contributed by atoms with Gasteiger partial charge in [0.2, 0.25) is 0 Å². The molecular formula is C17H13BrN2O. The lowest BCUT2D eigenvalue weighted by atomic mass is 10.1. The van der Waals surface area contributed by atoms with Crippen molar-refractivity contribution in [1.29, 1.82) is 0 Å². The summed E-state index contributed by atoms with van der Waals surface area (Å²) in [5.41, 5.74) is 3.14. The van der Waals surface area contributed by atoms with Gasteiger partial charge in [0.1, 0.15) is 0 Å². The first-order chi connectivity index (χ1) is 10.2. The molecule has 1 heterocycles. The van der Waals surface area contributed by atoms with Crippen LogP contribution in [0.1, 0.15) is 15.9 Å². The van der Waals surface area contributed by atoms with Gasteiger partial charge in [-0.1, -0.05) is 40.2 Å². The van der Waals surface area contributed by atoms with Gasteiger partial charge in [0, 0.05) is 21.6 Å². The van der Waals surface area contributed by atoms with Crippen molar-refractivity contribution in [3.8, 4) is 0 Å². The van der Waals surface area contributed by atoms with E-state index in [2.05, 4.69) is 26.2 Å². The molecule has 1 aromatic heterocycles. The van der Waals surface area contributed by atoms with Crippen LogP contribution in [-0.4, -0.2) is 10.9 Å². The van der Waals surface area contributed by atoms with E-state index in [-0.39, 0.29) is 5.91 Å². The highest BCUT2D eigenvalue weighted by atomic mass is 79.9. The van der Waals surface area contributed by atoms with E-state index in [0.29, 0.717) is 5.56 Å². The molecule has 3 aromatic rings. The van der Waals surface area contributed by atoms with Crippen LogP contribution in [0.5, 0.6) is 0 Å². The van der Waals surface area contributed by atoms with Crippen molar-refractivity contribution in [2.45, 2.75) is 6.92 Å². The van der Waals surface area contributed by atoms with E-state index in [4.69, 9.17) is 0 Å².